The number of ether oxygens (including phenoxy) is 1. The fourth-order valence-corrected chi connectivity index (χ4v) is 1.25. The van der Waals surface area contributed by atoms with Gasteiger partial charge in [-0.05, 0) is 18.6 Å². The van der Waals surface area contributed by atoms with Gasteiger partial charge in [0.1, 0.15) is 17.4 Å². The van der Waals surface area contributed by atoms with E-state index in [9.17, 15) is 19.5 Å². The first-order chi connectivity index (χ1) is 8.91. The van der Waals surface area contributed by atoms with E-state index in [0.29, 0.717) is 0 Å². The fourth-order valence-electron chi connectivity index (χ4n) is 1.25. The molecule has 0 radical (unpaired) electrons. The molecular formula is C12H13NO6. The first-order valence-corrected chi connectivity index (χ1v) is 5.43. The molecule has 7 nitrogen and oxygen atoms in total. The Hall–Kier alpha value is -2.41. The van der Waals surface area contributed by atoms with Gasteiger partial charge < -0.3 is 20.7 Å². The lowest BCUT2D eigenvalue weighted by Gasteiger charge is -2.06. The maximum absolute atomic E-state index is 11.5. The molecule has 0 fully saturated rings. The predicted octanol–water partition coefficient (Wildman–Crippen LogP) is 0.268. The summed E-state index contributed by atoms with van der Waals surface area (Å²) in [7, 11) is 0. The van der Waals surface area contributed by atoms with Crippen LogP contribution in [-0.2, 0) is 14.3 Å². The molecule has 0 aliphatic carbocycles. The molecule has 0 amide bonds. The molecule has 4 N–H and O–H groups in total. The zero-order chi connectivity index (χ0) is 14.4. The molecule has 0 aromatic heterocycles. The molecule has 7 heteroatoms. The molecule has 0 aliphatic rings. The van der Waals surface area contributed by atoms with Crippen molar-refractivity contribution in [2.24, 2.45) is 5.73 Å². The van der Waals surface area contributed by atoms with E-state index in [2.05, 4.69) is 4.74 Å². The lowest BCUT2D eigenvalue weighted by molar-refractivity contribution is -0.140. The van der Waals surface area contributed by atoms with E-state index >= 15 is 0 Å². The van der Waals surface area contributed by atoms with E-state index in [0.717, 1.165) is 0 Å². The van der Waals surface area contributed by atoms with Gasteiger partial charge in [-0.1, -0.05) is 12.1 Å². The number of carbonyl (C=O) groups is 3. The maximum atomic E-state index is 11.5. The summed E-state index contributed by atoms with van der Waals surface area (Å²) in [5, 5.41) is 17.9. The number of aliphatic carboxylic acids is 1. The molecule has 0 saturated carbocycles. The summed E-state index contributed by atoms with van der Waals surface area (Å²) in [5.41, 5.74) is 5.06. The number of benzene rings is 1. The van der Waals surface area contributed by atoms with Crippen molar-refractivity contribution in [2.45, 2.75) is 18.9 Å². The van der Waals surface area contributed by atoms with Crippen molar-refractivity contribution < 1.29 is 29.3 Å². The molecule has 1 aromatic rings. The Morgan fingerprint density at radius 2 is 1.89 bits per heavy atom. The second kappa shape index (κ2) is 6.50. The van der Waals surface area contributed by atoms with Gasteiger partial charge in [-0.2, -0.15) is 0 Å². The third-order valence-corrected chi connectivity index (χ3v) is 2.31. The van der Waals surface area contributed by atoms with Gasteiger partial charge >= 0.3 is 17.9 Å². The van der Waals surface area contributed by atoms with Crippen LogP contribution < -0.4 is 5.73 Å². The molecule has 1 aromatic carbocycles. The summed E-state index contributed by atoms with van der Waals surface area (Å²) in [4.78, 5) is 33.2. The standard InChI is InChI=1S/C12H13NO6/c13-8(11(16)17)5-6-10(15)19-12(18)7-3-1-2-4-9(7)14/h1-4,8,14H,5-6,13H2,(H,16,17)/t8-/m0/s1. The quantitative estimate of drug-likeness (QED) is 0.516. The zero-order valence-electron chi connectivity index (χ0n) is 9.91. The topological polar surface area (TPSA) is 127 Å². The van der Waals surface area contributed by atoms with Crippen LogP contribution in [0.2, 0.25) is 0 Å². The van der Waals surface area contributed by atoms with Crippen LogP contribution in [0.3, 0.4) is 0 Å². The van der Waals surface area contributed by atoms with Crippen LogP contribution in [0.15, 0.2) is 24.3 Å². The SMILES string of the molecule is N[C@@H](CCC(=O)OC(=O)c1ccccc1O)C(=O)O. The van der Waals surface area contributed by atoms with Crippen molar-refractivity contribution in [1.29, 1.82) is 0 Å². The molecule has 0 spiro atoms. The maximum Gasteiger partial charge on any atom is 0.349 e. The van der Waals surface area contributed by atoms with E-state index in [1.165, 1.54) is 24.3 Å². The number of hydrogen-bond acceptors (Lipinski definition) is 6. The number of carboxylic acid groups (broad SMARTS) is 1. The highest BCUT2D eigenvalue weighted by atomic mass is 16.6. The first-order valence-electron chi connectivity index (χ1n) is 5.43. The molecule has 1 rings (SSSR count). The second-order valence-electron chi connectivity index (χ2n) is 3.76. The lowest BCUT2D eigenvalue weighted by atomic mass is 10.2. The van der Waals surface area contributed by atoms with E-state index in [1.54, 1.807) is 0 Å². The number of nitrogens with two attached hydrogens (primary N) is 1. The van der Waals surface area contributed by atoms with Crippen LogP contribution in [-0.4, -0.2) is 34.2 Å². The lowest BCUT2D eigenvalue weighted by Crippen LogP contribution is -2.31. The Kier molecular flexibility index (Phi) is 5.01. The third-order valence-electron chi connectivity index (χ3n) is 2.31. The minimum Gasteiger partial charge on any atom is -0.507 e. The number of phenolic OH excluding ortho intramolecular Hbond substituents is 1. The summed E-state index contributed by atoms with van der Waals surface area (Å²) in [6, 6.07) is 4.41. The van der Waals surface area contributed by atoms with Gasteiger partial charge in [0.25, 0.3) is 0 Å². The summed E-state index contributed by atoms with van der Waals surface area (Å²) >= 11 is 0. The second-order valence-corrected chi connectivity index (χ2v) is 3.76. The minimum atomic E-state index is -1.24. The number of carboxylic acids is 1. The summed E-state index contributed by atoms with van der Waals surface area (Å²) in [5.74, 6) is -3.43. The van der Waals surface area contributed by atoms with Crippen molar-refractivity contribution in [2.75, 3.05) is 0 Å². The average Bonchev–Trinajstić information content (AvgIpc) is 2.36. The Bertz CT molecular complexity index is 499. The van der Waals surface area contributed by atoms with E-state index in [4.69, 9.17) is 10.8 Å². The molecule has 102 valence electrons. The van der Waals surface area contributed by atoms with Crippen LogP contribution in [0.5, 0.6) is 5.75 Å². The molecule has 1 atom stereocenters. The third kappa shape index (κ3) is 4.40. The number of carbonyl (C=O) groups excluding carboxylic acids is 2. The summed E-state index contributed by atoms with van der Waals surface area (Å²) in [6.07, 6.45) is -0.435. The summed E-state index contributed by atoms with van der Waals surface area (Å²) < 4.78 is 4.46. The van der Waals surface area contributed by atoms with E-state index < -0.39 is 23.9 Å². The highest BCUT2D eigenvalue weighted by Crippen LogP contribution is 2.16. The first kappa shape index (κ1) is 14.7. The van der Waals surface area contributed by atoms with Crippen LogP contribution in [0, 0.1) is 0 Å². The Balaban J connectivity index is 2.51. The van der Waals surface area contributed by atoms with E-state index in [1.807, 2.05) is 0 Å². The number of para-hydroxylation sites is 1. The number of hydrogen-bond donors (Lipinski definition) is 3. The Morgan fingerprint density at radius 3 is 2.47 bits per heavy atom. The van der Waals surface area contributed by atoms with Crippen molar-refractivity contribution in [3.63, 3.8) is 0 Å². The number of rotatable bonds is 5. The molecule has 0 unspecified atom stereocenters. The molecule has 19 heavy (non-hydrogen) atoms. The van der Waals surface area contributed by atoms with Crippen molar-refractivity contribution in [1.82, 2.24) is 0 Å². The van der Waals surface area contributed by atoms with Crippen molar-refractivity contribution in [3.8, 4) is 5.75 Å². The molecule has 0 aliphatic heterocycles. The molecular weight excluding hydrogens is 254 g/mol. The van der Waals surface area contributed by atoms with Gasteiger partial charge in [0.15, 0.2) is 0 Å². The number of esters is 2. The highest BCUT2D eigenvalue weighted by Gasteiger charge is 2.18. The minimum absolute atomic E-state index is 0.137. The molecule has 0 heterocycles. The normalized spacial score (nSPS) is 11.6. The van der Waals surface area contributed by atoms with Gasteiger partial charge in [-0.25, -0.2) is 4.79 Å². The number of phenols is 1. The highest BCUT2D eigenvalue weighted by molar-refractivity contribution is 5.98. The van der Waals surface area contributed by atoms with Gasteiger partial charge in [-0.15, -0.1) is 0 Å². The van der Waals surface area contributed by atoms with E-state index in [-0.39, 0.29) is 24.2 Å². The monoisotopic (exact) mass is 267 g/mol. The van der Waals surface area contributed by atoms with Gasteiger partial charge in [0.2, 0.25) is 0 Å². The van der Waals surface area contributed by atoms with Crippen LogP contribution in [0.25, 0.3) is 0 Å². The fraction of sp³-hybridized carbons (Fsp3) is 0.250. The largest absolute Gasteiger partial charge is 0.507 e. The summed E-state index contributed by atoms with van der Waals surface area (Å²) in [6.45, 7) is 0. The molecule has 0 saturated heterocycles. The average molecular weight is 267 g/mol. The zero-order valence-corrected chi connectivity index (χ0v) is 9.91. The van der Waals surface area contributed by atoms with Crippen LogP contribution in [0.4, 0.5) is 0 Å². The van der Waals surface area contributed by atoms with Crippen molar-refractivity contribution in [3.05, 3.63) is 29.8 Å². The van der Waals surface area contributed by atoms with Crippen LogP contribution >= 0.6 is 0 Å². The van der Waals surface area contributed by atoms with Gasteiger partial charge in [-0.3, -0.25) is 9.59 Å². The van der Waals surface area contributed by atoms with Crippen molar-refractivity contribution >= 4 is 17.9 Å². The Labute approximate surface area is 108 Å². The Morgan fingerprint density at radius 1 is 1.26 bits per heavy atom. The van der Waals surface area contributed by atoms with Gasteiger partial charge in [0.05, 0.1) is 0 Å². The number of aromatic hydroxyl groups is 1. The predicted molar refractivity (Wildman–Crippen MR) is 63.4 cm³/mol. The van der Waals surface area contributed by atoms with Crippen LogP contribution in [0.1, 0.15) is 23.2 Å². The smallest absolute Gasteiger partial charge is 0.349 e. The van der Waals surface area contributed by atoms with Gasteiger partial charge in [0, 0.05) is 6.42 Å². The molecule has 0 bridgehead atoms.